The van der Waals surface area contributed by atoms with Crippen molar-refractivity contribution >= 4 is 11.8 Å². The van der Waals surface area contributed by atoms with Gasteiger partial charge < -0.3 is 10.2 Å². The number of pyridine rings is 1. The summed E-state index contributed by atoms with van der Waals surface area (Å²) >= 11 is 0. The Bertz CT molecular complexity index is 447. The van der Waals surface area contributed by atoms with Gasteiger partial charge in [-0.15, -0.1) is 0 Å². The van der Waals surface area contributed by atoms with Crippen LogP contribution in [0.15, 0.2) is 24.4 Å². The van der Waals surface area contributed by atoms with Gasteiger partial charge in [0.2, 0.25) is 11.8 Å². The van der Waals surface area contributed by atoms with Crippen LogP contribution in [0.1, 0.15) is 26.0 Å². The van der Waals surface area contributed by atoms with Gasteiger partial charge in [-0.1, -0.05) is 6.07 Å². The van der Waals surface area contributed by atoms with Crippen LogP contribution in [0, 0.1) is 0 Å². The van der Waals surface area contributed by atoms with Crippen LogP contribution < -0.4 is 5.32 Å². The van der Waals surface area contributed by atoms with Crippen LogP contribution in [0.3, 0.4) is 0 Å². The summed E-state index contributed by atoms with van der Waals surface area (Å²) in [7, 11) is 0. The van der Waals surface area contributed by atoms with E-state index in [1.54, 1.807) is 18.0 Å². The Labute approximate surface area is 106 Å². The van der Waals surface area contributed by atoms with Crippen LogP contribution in [0.25, 0.3) is 0 Å². The Morgan fingerprint density at radius 2 is 2.17 bits per heavy atom. The van der Waals surface area contributed by atoms with E-state index in [1.165, 1.54) is 0 Å². The van der Waals surface area contributed by atoms with Gasteiger partial charge in [-0.05, 0) is 26.0 Å². The van der Waals surface area contributed by atoms with Crippen molar-refractivity contribution in [1.82, 2.24) is 15.2 Å². The van der Waals surface area contributed by atoms with Crippen molar-refractivity contribution in [2.75, 3.05) is 0 Å². The fourth-order valence-corrected chi connectivity index (χ4v) is 2.11. The second-order valence-electron chi connectivity index (χ2n) is 4.63. The summed E-state index contributed by atoms with van der Waals surface area (Å²) in [5.41, 5.74) is 0.833. The third-order valence-electron chi connectivity index (χ3n) is 3.10. The topological polar surface area (TPSA) is 62.3 Å². The largest absolute Gasteiger partial charge is 0.345 e. The molecule has 5 heteroatoms. The predicted octanol–water partition coefficient (Wildman–Crippen LogP) is 0.707. The molecule has 1 N–H and O–H groups in total. The van der Waals surface area contributed by atoms with Crippen molar-refractivity contribution in [3.05, 3.63) is 30.1 Å². The number of amides is 2. The predicted molar refractivity (Wildman–Crippen MR) is 66.5 cm³/mol. The highest BCUT2D eigenvalue weighted by molar-refractivity contribution is 5.90. The van der Waals surface area contributed by atoms with Crippen molar-refractivity contribution in [2.45, 2.75) is 38.9 Å². The second kappa shape index (κ2) is 5.16. The Hall–Kier alpha value is -1.91. The van der Waals surface area contributed by atoms with E-state index in [0.717, 1.165) is 5.69 Å². The van der Waals surface area contributed by atoms with E-state index in [-0.39, 0.29) is 17.9 Å². The minimum atomic E-state index is -0.467. The van der Waals surface area contributed by atoms with Crippen molar-refractivity contribution in [2.24, 2.45) is 0 Å². The summed E-state index contributed by atoms with van der Waals surface area (Å²) in [6.45, 7) is 4.04. The van der Waals surface area contributed by atoms with Gasteiger partial charge in [-0.25, -0.2) is 0 Å². The van der Waals surface area contributed by atoms with E-state index in [9.17, 15) is 9.59 Å². The quantitative estimate of drug-likeness (QED) is 0.837. The van der Waals surface area contributed by atoms with Gasteiger partial charge in [0.15, 0.2) is 0 Å². The first-order valence-corrected chi connectivity index (χ1v) is 6.07. The van der Waals surface area contributed by atoms with E-state index in [2.05, 4.69) is 10.3 Å². The third-order valence-corrected chi connectivity index (χ3v) is 3.10. The average Bonchev–Trinajstić information content (AvgIpc) is 2.43. The summed E-state index contributed by atoms with van der Waals surface area (Å²) in [6.07, 6.45) is 2.04. The van der Waals surface area contributed by atoms with Crippen LogP contribution in [-0.2, 0) is 16.1 Å². The highest BCUT2D eigenvalue weighted by Crippen LogP contribution is 2.14. The lowest BCUT2D eigenvalue weighted by Crippen LogP contribution is -2.44. The summed E-state index contributed by atoms with van der Waals surface area (Å²) < 4.78 is 0. The molecule has 2 rings (SSSR count). The Morgan fingerprint density at radius 3 is 2.83 bits per heavy atom. The fourth-order valence-electron chi connectivity index (χ4n) is 2.11. The molecule has 0 saturated carbocycles. The Morgan fingerprint density at radius 1 is 1.39 bits per heavy atom. The van der Waals surface area contributed by atoms with Gasteiger partial charge in [0.25, 0.3) is 0 Å². The Balaban J connectivity index is 2.18. The first-order valence-electron chi connectivity index (χ1n) is 6.07. The van der Waals surface area contributed by atoms with Crippen molar-refractivity contribution < 1.29 is 9.59 Å². The summed E-state index contributed by atoms with van der Waals surface area (Å²) in [5, 5.41) is 2.69. The molecule has 0 aromatic carbocycles. The fraction of sp³-hybridized carbons (Fsp3) is 0.462. The number of nitrogens with one attached hydrogen (secondary N) is 1. The highest BCUT2D eigenvalue weighted by Gasteiger charge is 2.31. The molecule has 2 heterocycles. The first kappa shape index (κ1) is 12.5. The molecular formula is C13H17N3O2. The molecule has 0 radical (unpaired) electrons. The molecule has 1 aromatic rings. The lowest BCUT2D eigenvalue weighted by atomic mass is 10.2. The van der Waals surface area contributed by atoms with Crippen LogP contribution in [-0.4, -0.2) is 33.8 Å². The van der Waals surface area contributed by atoms with Gasteiger partial charge in [0, 0.05) is 18.7 Å². The molecule has 96 valence electrons. The molecule has 2 atom stereocenters. The normalized spacial score (nSPS) is 24.7. The minimum absolute atomic E-state index is 0.0565. The molecule has 0 spiro atoms. The summed E-state index contributed by atoms with van der Waals surface area (Å²) in [6, 6.07) is 5.04. The molecule has 2 amide bonds. The smallest absolute Gasteiger partial charge is 0.245 e. The number of hydrogen-bond acceptors (Lipinski definition) is 3. The molecule has 1 aromatic heterocycles. The van der Waals surface area contributed by atoms with E-state index in [4.69, 9.17) is 0 Å². The van der Waals surface area contributed by atoms with Crippen LogP contribution in [0.4, 0.5) is 0 Å². The SMILES string of the molecule is CC1NC(=O)CC(C)N(Cc2ccccn2)C1=O. The number of carbonyl (C=O) groups is 2. The zero-order valence-electron chi connectivity index (χ0n) is 10.6. The minimum Gasteiger partial charge on any atom is -0.345 e. The Kier molecular flexibility index (Phi) is 3.60. The zero-order valence-corrected chi connectivity index (χ0v) is 10.6. The van der Waals surface area contributed by atoms with Gasteiger partial charge in [0.05, 0.1) is 12.2 Å². The maximum absolute atomic E-state index is 12.2. The molecule has 1 saturated heterocycles. The maximum atomic E-state index is 12.2. The molecule has 0 aliphatic carbocycles. The molecule has 1 aliphatic rings. The van der Waals surface area contributed by atoms with Gasteiger partial charge in [0.1, 0.15) is 6.04 Å². The molecule has 1 fully saturated rings. The monoisotopic (exact) mass is 247 g/mol. The molecule has 5 nitrogen and oxygen atoms in total. The number of aromatic nitrogens is 1. The molecular weight excluding hydrogens is 230 g/mol. The lowest BCUT2D eigenvalue weighted by Gasteiger charge is -2.27. The maximum Gasteiger partial charge on any atom is 0.245 e. The van der Waals surface area contributed by atoms with Gasteiger partial charge in [-0.3, -0.25) is 14.6 Å². The standard InChI is InChI=1S/C13H17N3O2/c1-9-7-12(17)15-10(2)13(18)16(9)8-11-5-3-4-6-14-11/h3-6,9-10H,7-8H2,1-2H3,(H,15,17). The van der Waals surface area contributed by atoms with E-state index in [1.807, 2.05) is 25.1 Å². The second-order valence-corrected chi connectivity index (χ2v) is 4.63. The zero-order chi connectivity index (χ0) is 13.1. The van der Waals surface area contributed by atoms with E-state index >= 15 is 0 Å². The van der Waals surface area contributed by atoms with Crippen LogP contribution in [0.5, 0.6) is 0 Å². The van der Waals surface area contributed by atoms with Crippen LogP contribution >= 0.6 is 0 Å². The average molecular weight is 247 g/mol. The summed E-state index contributed by atoms with van der Waals surface area (Å²) in [5.74, 6) is -0.133. The number of hydrogen-bond donors (Lipinski definition) is 1. The van der Waals surface area contributed by atoms with Crippen molar-refractivity contribution in [3.63, 3.8) is 0 Å². The lowest BCUT2D eigenvalue weighted by molar-refractivity contribution is -0.135. The van der Waals surface area contributed by atoms with E-state index < -0.39 is 6.04 Å². The van der Waals surface area contributed by atoms with Crippen molar-refractivity contribution in [1.29, 1.82) is 0 Å². The molecule has 1 aliphatic heterocycles. The molecule has 0 bridgehead atoms. The molecule has 2 unspecified atom stereocenters. The highest BCUT2D eigenvalue weighted by atomic mass is 16.2. The van der Waals surface area contributed by atoms with Crippen molar-refractivity contribution in [3.8, 4) is 0 Å². The first-order chi connectivity index (χ1) is 8.58. The van der Waals surface area contributed by atoms with Gasteiger partial charge >= 0.3 is 0 Å². The van der Waals surface area contributed by atoms with Crippen LogP contribution in [0.2, 0.25) is 0 Å². The number of nitrogens with zero attached hydrogens (tertiary/aromatic N) is 2. The number of carbonyl (C=O) groups excluding carboxylic acids is 2. The van der Waals surface area contributed by atoms with Gasteiger partial charge in [-0.2, -0.15) is 0 Å². The number of rotatable bonds is 2. The van der Waals surface area contributed by atoms with E-state index in [0.29, 0.717) is 13.0 Å². The molecule has 18 heavy (non-hydrogen) atoms. The summed E-state index contributed by atoms with van der Waals surface area (Å²) in [4.78, 5) is 29.7. The third kappa shape index (κ3) is 2.67.